The summed E-state index contributed by atoms with van der Waals surface area (Å²) in [7, 11) is 0. The van der Waals surface area contributed by atoms with Gasteiger partial charge in [0, 0.05) is 30.4 Å². The summed E-state index contributed by atoms with van der Waals surface area (Å²) in [5.41, 5.74) is 1.11. The van der Waals surface area contributed by atoms with Crippen LogP contribution in [-0.4, -0.2) is 38.4 Å². The van der Waals surface area contributed by atoms with E-state index in [1.54, 1.807) is 0 Å². The summed E-state index contributed by atoms with van der Waals surface area (Å²) in [6, 6.07) is 9.04. The van der Waals surface area contributed by atoms with Crippen molar-refractivity contribution < 1.29 is 9.47 Å². The molecule has 1 saturated heterocycles. The van der Waals surface area contributed by atoms with Crippen LogP contribution >= 0.6 is 0 Å². The number of anilines is 1. The second-order valence-corrected chi connectivity index (χ2v) is 6.24. The molecular formula is C17H28N2O2. The zero-order chi connectivity index (χ0) is 15.1. The number of hydrogen-bond acceptors (Lipinski definition) is 4. The van der Waals surface area contributed by atoms with Gasteiger partial charge in [-0.05, 0) is 31.4 Å². The predicted octanol–water partition coefficient (Wildman–Crippen LogP) is 2.90. The van der Waals surface area contributed by atoms with E-state index in [0.717, 1.165) is 44.2 Å². The lowest BCUT2D eigenvalue weighted by Gasteiger charge is -2.27. The molecule has 1 aromatic rings. The highest BCUT2D eigenvalue weighted by molar-refractivity contribution is 5.48. The first-order chi connectivity index (χ1) is 10.1. The van der Waals surface area contributed by atoms with Crippen LogP contribution in [0.3, 0.4) is 0 Å². The molecule has 118 valence electrons. The van der Waals surface area contributed by atoms with E-state index in [1.165, 1.54) is 0 Å². The smallest absolute Gasteiger partial charge is 0.121 e. The second kappa shape index (κ2) is 8.25. The van der Waals surface area contributed by atoms with Crippen LogP contribution in [0.5, 0.6) is 5.75 Å². The summed E-state index contributed by atoms with van der Waals surface area (Å²) in [5, 5.41) is 7.03. The van der Waals surface area contributed by atoms with Crippen molar-refractivity contribution in [3.8, 4) is 5.75 Å². The number of morpholine rings is 1. The highest BCUT2D eigenvalue weighted by atomic mass is 16.5. The van der Waals surface area contributed by atoms with Crippen molar-refractivity contribution in [3.63, 3.8) is 0 Å². The summed E-state index contributed by atoms with van der Waals surface area (Å²) in [4.78, 5) is 0. The third-order valence-electron chi connectivity index (χ3n) is 3.47. The quantitative estimate of drug-likeness (QED) is 0.811. The number of hydrogen-bond donors (Lipinski definition) is 2. The van der Waals surface area contributed by atoms with E-state index in [9.17, 15) is 0 Å². The third kappa shape index (κ3) is 5.94. The van der Waals surface area contributed by atoms with E-state index in [2.05, 4.69) is 43.5 Å². The van der Waals surface area contributed by atoms with Gasteiger partial charge in [0.2, 0.25) is 0 Å². The van der Waals surface area contributed by atoms with Crippen LogP contribution in [0.15, 0.2) is 24.3 Å². The van der Waals surface area contributed by atoms with Crippen LogP contribution in [0.1, 0.15) is 27.2 Å². The molecule has 2 unspecified atom stereocenters. The van der Waals surface area contributed by atoms with Crippen molar-refractivity contribution in [1.29, 1.82) is 0 Å². The van der Waals surface area contributed by atoms with Gasteiger partial charge in [-0.2, -0.15) is 0 Å². The fourth-order valence-corrected chi connectivity index (χ4v) is 2.48. The highest BCUT2D eigenvalue weighted by Crippen LogP contribution is 2.19. The Labute approximate surface area is 128 Å². The van der Waals surface area contributed by atoms with Crippen molar-refractivity contribution >= 4 is 5.69 Å². The maximum Gasteiger partial charge on any atom is 0.121 e. The molecule has 1 fully saturated rings. The summed E-state index contributed by atoms with van der Waals surface area (Å²) in [6.07, 6.45) is 1.05. The molecule has 1 aromatic carbocycles. The van der Waals surface area contributed by atoms with Crippen molar-refractivity contribution in [1.82, 2.24) is 5.32 Å². The van der Waals surface area contributed by atoms with Gasteiger partial charge < -0.3 is 20.1 Å². The van der Waals surface area contributed by atoms with Gasteiger partial charge in [0.05, 0.1) is 19.8 Å². The summed E-state index contributed by atoms with van der Waals surface area (Å²) in [5.74, 6) is 1.47. The topological polar surface area (TPSA) is 42.5 Å². The lowest BCUT2D eigenvalue weighted by Crippen LogP contribution is -2.43. The largest absolute Gasteiger partial charge is 0.493 e. The first-order valence-electron chi connectivity index (χ1n) is 7.94. The molecule has 0 aromatic heterocycles. The fraction of sp³-hybridized carbons (Fsp3) is 0.647. The Morgan fingerprint density at radius 3 is 2.95 bits per heavy atom. The molecule has 4 heteroatoms. The minimum Gasteiger partial charge on any atom is -0.493 e. The first-order valence-corrected chi connectivity index (χ1v) is 7.94. The Hall–Kier alpha value is -1.26. The molecule has 0 spiro atoms. The molecule has 0 aliphatic carbocycles. The molecular weight excluding hydrogens is 264 g/mol. The van der Waals surface area contributed by atoms with Crippen LogP contribution in [0, 0.1) is 5.92 Å². The summed E-state index contributed by atoms with van der Waals surface area (Å²) < 4.78 is 11.3. The van der Waals surface area contributed by atoms with E-state index in [-0.39, 0.29) is 0 Å². The van der Waals surface area contributed by atoms with Crippen LogP contribution < -0.4 is 15.4 Å². The van der Waals surface area contributed by atoms with Gasteiger partial charge >= 0.3 is 0 Å². The van der Waals surface area contributed by atoms with Crippen LogP contribution in [0.2, 0.25) is 0 Å². The van der Waals surface area contributed by atoms with Gasteiger partial charge in [0.1, 0.15) is 5.75 Å². The molecule has 21 heavy (non-hydrogen) atoms. The zero-order valence-corrected chi connectivity index (χ0v) is 13.4. The minimum atomic E-state index is 0.393. The van der Waals surface area contributed by atoms with Gasteiger partial charge in [-0.3, -0.25) is 0 Å². The molecule has 1 aliphatic rings. The molecule has 1 aliphatic heterocycles. The predicted molar refractivity (Wildman–Crippen MR) is 87.1 cm³/mol. The van der Waals surface area contributed by atoms with Gasteiger partial charge in [-0.1, -0.05) is 19.9 Å². The molecule has 0 amide bonds. The van der Waals surface area contributed by atoms with Gasteiger partial charge in [0.15, 0.2) is 0 Å². The van der Waals surface area contributed by atoms with Crippen LogP contribution in [0.25, 0.3) is 0 Å². The van der Waals surface area contributed by atoms with E-state index in [1.807, 2.05) is 12.1 Å². The minimum absolute atomic E-state index is 0.393. The van der Waals surface area contributed by atoms with Crippen LogP contribution in [0.4, 0.5) is 5.69 Å². The van der Waals surface area contributed by atoms with Crippen molar-refractivity contribution in [2.24, 2.45) is 5.92 Å². The fourth-order valence-electron chi connectivity index (χ4n) is 2.48. The monoisotopic (exact) mass is 292 g/mol. The Morgan fingerprint density at radius 1 is 1.38 bits per heavy atom. The first kappa shape index (κ1) is 16.1. The number of ether oxygens (including phenoxy) is 2. The average molecular weight is 292 g/mol. The van der Waals surface area contributed by atoms with E-state index < -0.39 is 0 Å². The Bertz CT molecular complexity index is 417. The molecule has 2 N–H and O–H groups in total. The van der Waals surface area contributed by atoms with Crippen molar-refractivity contribution in [2.45, 2.75) is 39.3 Å². The summed E-state index contributed by atoms with van der Waals surface area (Å²) in [6.45, 7) is 9.86. The van der Waals surface area contributed by atoms with Crippen molar-refractivity contribution in [3.05, 3.63) is 24.3 Å². The SMILES string of the molecule is CC(C)COc1cccc(NC(C)CC2COCCN2)c1. The summed E-state index contributed by atoms with van der Waals surface area (Å²) >= 11 is 0. The second-order valence-electron chi connectivity index (χ2n) is 6.24. The number of nitrogens with one attached hydrogen (secondary N) is 2. The molecule has 4 nitrogen and oxygen atoms in total. The Kier molecular flexibility index (Phi) is 6.33. The Morgan fingerprint density at radius 2 is 2.24 bits per heavy atom. The van der Waals surface area contributed by atoms with Crippen LogP contribution in [-0.2, 0) is 4.74 Å². The van der Waals surface area contributed by atoms with Crippen molar-refractivity contribution in [2.75, 3.05) is 31.7 Å². The van der Waals surface area contributed by atoms with Gasteiger partial charge in [-0.25, -0.2) is 0 Å². The zero-order valence-electron chi connectivity index (χ0n) is 13.4. The average Bonchev–Trinajstić information content (AvgIpc) is 2.46. The van der Waals surface area contributed by atoms with E-state index in [0.29, 0.717) is 18.0 Å². The third-order valence-corrected chi connectivity index (χ3v) is 3.47. The molecule has 0 bridgehead atoms. The Balaban J connectivity index is 1.82. The maximum absolute atomic E-state index is 5.77. The number of benzene rings is 1. The van der Waals surface area contributed by atoms with E-state index in [4.69, 9.17) is 9.47 Å². The standard InChI is InChI=1S/C17H28N2O2/c1-13(2)11-21-17-6-4-5-15(10-17)19-14(3)9-16-12-20-8-7-18-16/h4-6,10,13-14,16,18-19H,7-9,11-12H2,1-3H3. The molecule has 2 rings (SSSR count). The molecule has 0 radical (unpaired) electrons. The number of rotatable bonds is 7. The van der Waals surface area contributed by atoms with Gasteiger partial charge in [0.25, 0.3) is 0 Å². The van der Waals surface area contributed by atoms with E-state index >= 15 is 0 Å². The molecule has 0 saturated carbocycles. The molecule has 2 atom stereocenters. The van der Waals surface area contributed by atoms with Gasteiger partial charge in [-0.15, -0.1) is 0 Å². The normalized spacial score (nSPS) is 20.3. The highest BCUT2D eigenvalue weighted by Gasteiger charge is 2.16. The lowest BCUT2D eigenvalue weighted by atomic mass is 10.1. The molecule has 1 heterocycles. The lowest BCUT2D eigenvalue weighted by molar-refractivity contribution is 0.0731. The maximum atomic E-state index is 5.77.